The molecule has 0 amide bonds. The van der Waals surface area contributed by atoms with E-state index in [9.17, 15) is 0 Å². The number of likely N-dealkylation sites (tertiary alicyclic amines) is 1. The molecule has 0 spiro atoms. The fourth-order valence-electron chi connectivity index (χ4n) is 3.90. The van der Waals surface area contributed by atoms with Crippen molar-refractivity contribution >= 4 is 29.9 Å². The van der Waals surface area contributed by atoms with Crippen LogP contribution in [0.1, 0.15) is 58.8 Å². The highest BCUT2D eigenvalue weighted by molar-refractivity contribution is 14.0. The lowest BCUT2D eigenvalue weighted by Crippen LogP contribution is -2.58. The van der Waals surface area contributed by atoms with Gasteiger partial charge in [-0.15, -0.1) is 24.0 Å². The Morgan fingerprint density at radius 1 is 1.12 bits per heavy atom. The van der Waals surface area contributed by atoms with E-state index < -0.39 is 0 Å². The van der Waals surface area contributed by atoms with E-state index in [4.69, 9.17) is 4.74 Å². The first kappa shape index (κ1) is 23.0. The molecule has 25 heavy (non-hydrogen) atoms. The van der Waals surface area contributed by atoms with Crippen LogP contribution in [-0.2, 0) is 4.74 Å². The van der Waals surface area contributed by atoms with Crippen molar-refractivity contribution in [3.05, 3.63) is 0 Å². The van der Waals surface area contributed by atoms with Crippen LogP contribution in [0.4, 0.5) is 0 Å². The average Bonchev–Trinajstić information content (AvgIpc) is 3.13. The molecule has 0 aromatic heterocycles. The van der Waals surface area contributed by atoms with E-state index in [0.717, 1.165) is 51.0 Å². The van der Waals surface area contributed by atoms with Gasteiger partial charge in [0.2, 0.25) is 0 Å². The summed E-state index contributed by atoms with van der Waals surface area (Å²) in [7, 11) is 1.87. The second-order valence-electron chi connectivity index (χ2n) is 7.77. The molecule has 6 heteroatoms. The minimum absolute atomic E-state index is 0. The van der Waals surface area contributed by atoms with Crippen LogP contribution in [0.25, 0.3) is 0 Å². The largest absolute Gasteiger partial charge is 0.381 e. The van der Waals surface area contributed by atoms with Crippen molar-refractivity contribution in [2.45, 2.75) is 64.3 Å². The minimum atomic E-state index is 0. The monoisotopic (exact) mass is 466 g/mol. The maximum absolute atomic E-state index is 5.63. The standard InChI is InChI=1S/C19H38N4O.HI/c1-17(2)8-4-5-11-21-18(20-3)22-16-19(9-14-24-15-10-19)23-12-6-7-13-23;/h17H,4-16H2,1-3H3,(H2,20,21,22);1H. The van der Waals surface area contributed by atoms with Crippen LogP contribution < -0.4 is 10.6 Å². The molecule has 2 N–H and O–H groups in total. The topological polar surface area (TPSA) is 48.9 Å². The molecule has 2 fully saturated rings. The minimum Gasteiger partial charge on any atom is -0.381 e. The number of guanidine groups is 1. The van der Waals surface area contributed by atoms with Crippen LogP contribution >= 0.6 is 24.0 Å². The van der Waals surface area contributed by atoms with Gasteiger partial charge in [-0.1, -0.05) is 26.7 Å². The Kier molecular flexibility index (Phi) is 11.3. The summed E-state index contributed by atoms with van der Waals surface area (Å²) < 4.78 is 5.63. The number of unbranched alkanes of at least 4 members (excludes halogenated alkanes) is 1. The zero-order valence-electron chi connectivity index (χ0n) is 16.5. The van der Waals surface area contributed by atoms with E-state index in [1.165, 1.54) is 45.2 Å². The second kappa shape index (κ2) is 12.3. The van der Waals surface area contributed by atoms with Crippen LogP contribution in [0.5, 0.6) is 0 Å². The predicted molar refractivity (Wildman–Crippen MR) is 117 cm³/mol. The highest BCUT2D eigenvalue weighted by Gasteiger charge is 2.39. The molecule has 2 saturated heterocycles. The number of nitrogens with zero attached hydrogens (tertiary/aromatic N) is 2. The van der Waals surface area contributed by atoms with Gasteiger partial charge in [0.05, 0.1) is 0 Å². The average molecular weight is 466 g/mol. The maximum atomic E-state index is 5.63. The fraction of sp³-hybridized carbons (Fsp3) is 0.947. The number of hydrogen-bond acceptors (Lipinski definition) is 3. The lowest BCUT2D eigenvalue weighted by atomic mass is 9.88. The molecule has 2 rings (SSSR count). The molecule has 0 aliphatic carbocycles. The van der Waals surface area contributed by atoms with E-state index >= 15 is 0 Å². The predicted octanol–water partition coefficient (Wildman–Crippen LogP) is 3.24. The molecule has 0 saturated carbocycles. The molecule has 0 aromatic carbocycles. The van der Waals surface area contributed by atoms with Crippen molar-refractivity contribution in [1.82, 2.24) is 15.5 Å². The summed E-state index contributed by atoms with van der Waals surface area (Å²) in [5.74, 6) is 1.75. The molecular formula is C19H39IN4O. The molecule has 0 aromatic rings. The quantitative estimate of drug-likeness (QED) is 0.250. The highest BCUT2D eigenvalue weighted by atomic mass is 127. The van der Waals surface area contributed by atoms with Crippen molar-refractivity contribution in [2.24, 2.45) is 10.9 Å². The molecule has 0 atom stereocenters. The molecule has 2 heterocycles. The fourth-order valence-corrected chi connectivity index (χ4v) is 3.90. The van der Waals surface area contributed by atoms with Crippen molar-refractivity contribution in [1.29, 1.82) is 0 Å². The van der Waals surface area contributed by atoms with Crippen LogP contribution in [0, 0.1) is 5.92 Å². The molecule has 5 nitrogen and oxygen atoms in total. The number of ether oxygens (including phenoxy) is 1. The summed E-state index contributed by atoms with van der Waals surface area (Å²) in [6, 6.07) is 0. The zero-order valence-corrected chi connectivity index (χ0v) is 18.8. The highest BCUT2D eigenvalue weighted by Crippen LogP contribution is 2.30. The normalized spacial score (nSPS) is 21.2. The number of aliphatic imine (C=N–C) groups is 1. The summed E-state index contributed by atoms with van der Waals surface area (Å²) in [6.07, 6.45) is 8.75. The third kappa shape index (κ3) is 7.59. The first-order valence-electron chi connectivity index (χ1n) is 9.93. The van der Waals surface area contributed by atoms with E-state index in [2.05, 4.69) is 34.4 Å². The van der Waals surface area contributed by atoms with Crippen molar-refractivity contribution in [3.63, 3.8) is 0 Å². The van der Waals surface area contributed by atoms with Crippen LogP contribution in [0.3, 0.4) is 0 Å². The Morgan fingerprint density at radius 2 is 1.80 bits per heavy atom. The van der Waals surface area contributed by atoms with Crippen molar-refractivity contribution in [2.75, 3.05) is 46.4 Å². The summed E-state index contributed by atoms with van der Waals surface area (Å²) in [6.45, 7) is 10.8. The number of rotatable bonds is 8. The van der Waals surface area contributed by atoms with Gasteiger partial charge >= 0.3 is 0 Å². The summed E-state index contributed by atoms with van der Waals surface area (Å²) in [4.78, 5) is 7.10. The first-order chi connectivity index (χ1) is 11.7. The number of halogens is 1. The van der Waals surface area contributed by atoms with Gasteiger partial charge in [-0.3, -0.25) is 9.89 Å². The summed E-state index contributed by atoms with van der Waals surface area (Å²) >= 11 is 0. The summed E-state index contributed by atoms with van der Waals surface area (Å²) in [5, 5.41) is 7.08. The van der Waals surface area contributed by atoms with Gasteiger partial charge in [0.15, 0.2) is 5.96 Å². The third-order valence-corrected chi connectivity index (χ3v) is 5.51. The van der Waals surface area contributed by atoms with Crippen molar-refractivity contribution < 1.29 is 4.74 Å². The molecule has 2 aliphatic heterocycles. The van der Waals surface area contributed by atoms with Gasteiger partial charge in [0, 0.05) is 38.9 Å². The number of nitrogens with one attached hydrogen (secondary N) is 2. The van der Waals surface area contributed by atoms with E-state index in [-0.39, 0.29) is 29.5 Å². The van der Waals surface area contributed by atoms with E-state index in [1.807, 2.05) is 7.05 Å². The van der Waals surface area contributed by atoms with E-state index in [1.54, 1.807) is 0 Å². The van der Waals surface area contributed by atoms with Gasteiger partial charge in [0.25, 0.3) is 0 Å². The van der Waals surface area contributed by atoms with Crippen LogP contribution in [0.2, 0.25) is 0 Å². The van der Waals surface area contributed by atoms with Crippen LogP contribution in [-0.4, -0.2) is 62.8 Å². The molecule has 2 aliphatic rings. The molecule has 0 unspecified atom stereocenters. The molecular weight excluding hydrogens is 427 g/mol. The second-order valence-corrected chi connectivity index (χ2v) is 7.77. The van der Waals surface area contributed by atoms with Gasteiger partial charge in [-0.05, 0) is 51.1 Å². The molecule has 0 bridgehead atoms. The zero-order chi connectivity index (χ0) is 17.3. The lowest BCUT2D eigenvalue weighted by Gasteiger charge is -2.45. The Morgan fingerprint density at radius 3 is 2.40 bits per heavy atom. The van der Waals surface area contributed by atoms with Gasteiger partial charge in [-0.2, -0.15) is 0 Å². The first-order valence-corrected chi connectivity index (χ1v) is 9.93. The van der Waals surface area contributed by atoms with Gasteiger partial charge in [0.1, 0.15) is 0 Å². The molecule has 0 radical (unpaired) electrons. The number of hydrogen-bond donors (Lipinski definition) is 2. The summed E-state index contributed by atoms with van der Waals surface area (Å²) in [5.41, 5.74) is 0.254. The Bertz CT molecular complexity index is 378. The Labute approximate surface area is 171 Å². The third-order valence-electron chi connectivity index (χ3n) is 5.51. The van der Waals surface area contributed by atoms with Gasteiger partial charge in [-0.25, -0.2) is 0 Å². The van der Waals surface area contributed by atoms with Crippen LogP contribution in [0.15, 0.2) is 4.99 Å². The molecule has 148 valence electrons. The lowest BCUT2D eigenvalue weighted by molar-refractivity contribution is -0.0164. The van der Waals surface area contributed by atoms with Crippen molar-refractivity contribution in [3.8, 4) is 0 Å². The SMILES string of the molecule is CN=C(NCCCCC(C)C)NCC1(N2CCCC2)CCOCC1.I. The maximum Gasteiger partial charge on any atom is 0.191 e. The van der Waals surface area contributed by atoms with E-state index in [0.29, 0.717) is 0 Å². The smallest absolute Gasteiger partial charge is 0.191 e. The Hall–Kier alpha value is -0.0800. The Balaban J connectivity index is 0.00000312. The van der Waals surface area contributed by atoms with Gasteiger partial charge < -0.3 is 15.4 Å².